The van der Waals surface area contributed by atoms with Crippen molar-refractivity contribution in [3.05, 3.63) is 35.4 Å². The van der Waals surface area contributed by atoms with Gasteiger partial charge in [-0.15, -0.1) is 0 Å². The Hall–Kier alpha value is -0.900. The van der Waals surface area contributed by atoms with Gasteiger partial charge in [-0.25, -0.2) is 0 Å². The van der Waals surface area contributed by atoms with Crippen LogP contribution in [-0.2, 0) is 13.2 Å². The lowest BCUT2D eigenvalue weighted by Gasteiger charge is -2.27. The molecule has 2 atom stereocenters. The molecule has 1 saturated heterocycles. The van der Waals surface area contributed by atoms with E-state index in [-0.39, 0.29) is 13.2 Å². The van der Waals surface area contributed by atoms with E-state index in [1.54, 1.807) is 6.07 Å². The highest BCUT2D eigenvalue weighted by molar-refractivity contribution is 5.21. The number of hydrogen-bond donors (Lipinski definition) is 2. The average molecular weight is 263 g/mol. The first-order valence-corrected chi connectivity index (χ1v) is 7.19. The van der Waals surface area contributed by atoms with Crippen LogP contribution in [0.5, 0.6) is 0 Å². The van der Waals surface area contributed by atoms with Crippen LogP contribution in [0.1, 0.15) is 30.4 Å². The van der Waals surface area contributed by atoms with Crippen molar-refractivity contribution < 1.29 is 10.2 Å². The first-order chi connectivity index (χ1) is 9.21. The molecule has 106 valence electrons. The molecule has 1 aromatic carbocycles. The van der Waals surface area contributed by atoms with E-state index in [1.807, 2.05) is 18.2 Å². The van der Waals surface area contributed by atoms with Gasteiger partial charge in [0.1, 0.15) is 0 Å². The van der Waals surface area contributed by atoms with Crippen LogP contribution in [0.15, 0.2) is 24.3 Å². The minimum absolute atomic E-state index is 0.0356. The van der Waals surface area contributed by atoms with E-state index in [2.05, 4.69) is 11.9 Å². The Balaban J connectivity index is 0.000000141. The molecule has 2 fully saturated rings. The van der Waals surface area contributed by atoms with Crippen molar-refractivity contribution in [2.45, 2.75) is 32.5 Å². The summed E-state index contributed by atoms with van der Waals surface area (Å²) in [6.07, 6.45) is 4.55. The van der Waals surface area contributed by atoms with Crippen molar-refractivity contribution in [1.29, 1.82) is 0 Å². The summed E-state index contributed by atoms with van der Waals surface area (Å²) >= 11 is 0. The third kappa shape index (κ3) is 4.30. The maximum absolute atomic E-state index is 8.68. The largest absolute Gasteiger partial charge is 0.392 e. The molecule has 0 unspecified atom stereocenters. The first-order valence-electron chi connectivity index (χ1n) is 7.19. The van der Waals surface area contributed by atoms with Gasteiger partial charge in [-0.3, -0.25) is 0 Å². The molecule has 2 bridgehead atoms. The van der Waals surface area contributed by atoms with Crippen LogP contribution in [0.3, 0.4) is 0 Å². The molecule has 1 aliphatic heterocycles. The highest BCUT2D eigenvalue weighted by Gasteiger charge is 2.30. The molecule has 1 heterocycles. The van der Waals surface area contributed by atoms with Gasteiger partial charge in [-0.2, -0.15) is 0 Å². The van der Waals surface area contributed by atoms with Gasteiger partial charge in [-0.1, -0.05) is 24.3 Å². The zero-order valence-electron chi connectivity index (χ0n) is 11.8. The first kappa shape index (κ1) is 14.5. The smallest absolute Gasteiger partial charge is 0.0681 e. The van der Waals surface area contributed by atoms with E-state index in [0.717, 1.165) is 23.0 Å². The second-order valence-corrected chi connectivity index (χ2v) is 5.90. The molecule has 0 amide bonds. The van der Waals surface area contributed by atoms with E-state index in [0.29, 0.717) is 0 Å². The van der Waals surface area contributed by atoms with Crippen LogP contribution in [0, 0.1) is 11.8 Å². The van der Waals surface area contributed by atoms with Gasteiger partial charge in [-0.05, 0) is 49.3 Å². The number of rotatable bonds is 2. The molecule has 19 heavy (non-hydrogen) atoms. The second-order valence-electron chi connectivity index (χ2n) is 5.90. The number of piperidine rings is 1. The van der Waals surface area contributed by atoms with Gasteiger partial charge in [0.05, 0.1) is 13.2 Å². The quantitative estimate of drug-likeness (QED) is 0.858. The number of aliphatic hydroxyl groups is 2. The Morgan fingerprint density at radius 1 is 1.05 bits per heavy atom. The molecule has 0 aromatic heterocycles. The Morgan fingerprint density at radius 2 is 1.58 bits per heavy atom. The molecular weight excluding hydrogens is 238 g/mol. The molecule has 0 radical (unpaired) electrons. The Labute approximate surface area is 115 Å². The number of aliphatic hydroxyl groups excluding tert-OH is 2. The number of hydrogen-bond acceptors (Lipinski definition) is 3. The number of nitrogens with zero attached hydrogens (tertiary/aromatic N) is 1. The van der Waals surface area contributed by atoms with E-state index in [1.165, 1.54) is 32.4 Å². The van der Waals surface area contributed by atoms with Crippen LogP contribution in [0.2, 0.25) is 0 Å². The van der Waals surface area contributed by atoms with Gasteiger partial charge in [0.2, 0.25) is 0 Å². The summed E-state index contributed by atoms with van der Waals surface area (Å²) in [7, 11) is 2.25. The third-order valence-electron chi connectivity index (χ3n) is 4.15. The minimum atomic E-state index is 0.0356. The normalized spacial score (nSPS) is 25.8. The van der Waals surface area contributed by atoms with Gasteiger partial charge >= 0.3 is 0 Å². The zero-order chi connectivity index (χ0) is 13.7. The van der Waals surface area contributed by atoms with E-state index < -0.39 is 0 Å². The molecule has 1 aliphatic carbocycles. The third-order valence-corrected chi connectivity index (χ3v) is 4.15. The maximum Gasteiger partial charge on any atom is 0.0681 e. The number of likely N-dealkylation sites (tertiary alicyclic amines) is 1. The fraction of sp³-hybridized carbons (Fsp3) is 0.625. The summed E-state index contributed by atoms with van der Waals surface area (Å²) < 4.78 is 0. The number of benzene rings is 1. The van der Waals surface area contributed by atoms with E-state index >= 15 is 0 Å². The standard InChI is InChI=1S/C8H15N.C8H10O2/c1-9-5-7-2-3-8(4-7)6-9;9-5-7-2-1-3-8(4-7)6-10/h7-8H,2-6H2,1H3;1-4,9-10H,5-6H2/t7-,8+;. The fourth-order valence-electron chi connectivity index (χ4n) is 3.29. The van der Waals surface area contributed by atoms with Crippen molar-refractivity contribution in [1.82, 2.24) is 4.90 Å². The lowest BCUT2D eigenvalue weighted by Crippen LogP contribution is -2.32. The Kier molecular flexibility index (Phi) is 5.37. The topological polar surface area (TPSA) is 43.7 Å². The lowest BCUT2D eigenvalue weighted by atomic mass is 10.00. The van der Waals surface area contributed by atoms with Crippen LogP contribution in [0.4, 0.5) is 0 Å². The molecule has 1 aromatic rings. The fourth-order valence-corrected chi connectivity index (χ4v) is 3.29. The monoisotopic (exact) mass is 263 g/mol. The van der Waals surface area contributed by atoms with Crippen LogP contribution < -0.4 is 0 Å². The molecule has 2 N–H and O–H groups in total. The summed E-state index contributed by atoms with van der Waals surface area (Å²) in [5.41, 5.74) is 1.68. The lowest BCUT2D eigenvalue weighted by molar-refractivity contribution is 0.203. The highest BCUT2D eigenvalue weighted by atomic mass is 16.3. The minimum Gasteiger partial charge on any atom is -0.392 e. The van der Waals surface area contributed by atoms with Crippen LogP contribution in [-0.4, -0.2) is 35.3 Å². The molecular formula is C16H25NO2. The summed E-state index contributed by atoms with van der Waals surface area (Å²) in [4.78, 5) is 2.49. The molecule has 1 saturated carbocycles. The molecule has 3 rings (SSSR count). The summed E-state index contributed by atoms with van der Waals surface area (Å²) in [5, 5.41) is 17.4. The van der Waals surface area contributed by atoms with E-state index in [9.17, 15) is 0 Å². The average Bonchev–Trinajstić information content (AvgIpc) is 2.79. The van der Waals surface area contributed by atoms with Crippen molar-refractivity contribution in [3.63, 3.8) is 0 Å². The summed E-state index contributed by atoms with van der Waals surface area (Å²) in [5.74, 6) is 2.13. The maximum atomic E-state index is 8.68. The number of fused-ring (bicyclic) bond motifs is 2. The van der Waals surface area contributed by atoms with Crippen LogP contribution in [0.25, 0.3) is 0 Å². The highest BCUT2D eigenvalue weighted by Crippen LogP contribution is 2.35. The van der Waals surface area contributed by atoms with E-state index in [4.69, 9.17) is 10.2 Å². The second kappa shape index (κ2) is 7.04. The molecule has 3 nitrogen and oxygen atoms in total. The van der Waals surface area contributed by atoms with Gasteiger partial charge in [0, 0.05) is 13.1 Å². The van der Waals surface area contributed by atoms with Crippen molar-refractivity contribution >= 4 is 0 Å². The van der Waals surface area contributed by atoms with Gasteiger partial charge in [0.25, 0.3) is 0 Å². The Morgan fingerprint density at radius 3 is 2.05 bits per heavy atom. The van der Waals surface area contributed by atoms with Crippen molar-refractivity contribution in [2.24, 2.45) is 11.8 Å². The predicted molar refractivity (Wildman–Crippen MR) is 76.6 cm³/mol. The summed E-state index contributed by atoms with van der Waals surface area (Å²) in [6, 6.07) is 7.23. The summed E-state index contributed by atoms with van der Waals surface area (Å²) in [6.45, 7) is 2.81. The zero-order valence-corrected chi connectivity index (χ0v) is 11.8. The molecule has 0 spiro atoms. The van der Waals surface area contributed by atoms with Gasteiger partial charge < -0.3 is 15.1 Å². The van der Waals surface area contributed by atoms with Crippen LogP contribution >= 0.6 is 0 Å². The predicted octanol–water partition coefficient (Wildman–Crippen LogP) is 2.02. The molecule has 3 heteroatoms. The van der Waals surface area contributed by atoms with Gasteiger partial charge in [0.15, 0.2) is 0 Å². The van der Waals surface area contributed by atoms with Crippen molar-refractivity contribution in [3.8, 4) is 0 Å². The SMILES string of the molecule is CN1C[C@@H]2CC[C@@H](C2)C1.OCc1cccc(CO)c1. The van der Waals surface area contributed by atoms with Crippen molar-refractivity contribution in [2.75, 3.05) is 20.1 Å². The Bertz CT molecular complexity index is 363. The molecule has 2 aliphatic rings.